The molecule has 94 valence electrons. The second kappa shape index (κ2) is 5.22. The Labute approximate surface area is 110 Å². The van der Waals surface area contributed by atoms with Gasteiger partial charge in [-0.25, -0.2) is 0 Å². The zero-order valence-electron chi connectivity index (χ0n) is 10.2. The third kappa shape index (κ3) is 2.71. The Morgan fingerprint density at radius 2 is 1.05 bits per heavy atom. The normalized spacial score (nSPS) is 10.1. The lowest BCUT2D eigenvalue weighted by Gasteiger charge is -2.06. The minimum absolute atomic E-state index is 0.662. The van der Waals surface area contributed by atoms with Crippen LogP contribution in [0.2, 0.25) is 0 Å². The maximum atomic E-state index is 4.10. The van der Waals surface area contributed by atoms with Crippen molar-refractivity contribution in [1.29, 1.82) is 0 Å². The number of nitrogens with zero attached hydrogens (tertiary/aromatic N) is 2. The number of aromatic amines is 1. The van der Waals surface area contributed by atoms with Crippen LogP contribution >= 0.6 is 0 Å². The fraction of sp³-hybridized carbons (Fsp3) is 0. The number of aromatic nitrogens is 3. The van der Waals surface area contributed by atoms with Crippen molar-refractivity contribution in [1.82, 2.24) is 15.4 Å². The highest BCUT2D eigenvalue weighted by molar-refractivity contribution is 5.71. The summed E-state index contributed by atoms with van der Waals surface area (Å²) in [5.41, 5.74) is 1.93. The van der Waals surface area contributed by atoms with Gasteiger partial charge < -0.3 is 10.6 Å². The van der Waals surface area contributed by atoms with Gasteiger partial charge in [-0.3, -0.25) is 0 Å². The zero-order valence-corrected chi connectivity index (χ0v) is 10.2. The van der Waals surface area contributed by atoms with Crippen LogP contribution in [0.5, 0.6) is 0 Å². The van der Waals surface area contributed by atoms with Crippen LogP contribution in [0.25, 0.3) is 0 Å². The van der Waals surface area contributed by atoms with Crippen molar-refractivity contribution in [3.63, 3.8) is 0 Å². The molecule has 3 aromatic rings. The number of hydrogen-bond donors (Lipinski definition) is 3. The molecule has 5 heteroatoms. The minimum Gasteiger partial charge on any atom is -0.336 e. The molecule has 0 unspecified atom stereocenters. The number of H-pyrrole nitrogens is 1. The van der Waals surface area contributed by atoms with Gasteiger partial charge in [0.25, 0.3) is 0 Å². The van der Waals surface area contributed by atoms with Gasteiger partial charge in [0.15, 0.2) is 11.6 Å². The Bertz CT molecular complexity index is 577. The largest absolute Gasteiger partial charge is 0.336 e. The molecule has 0 bridgehead atoms. The van der Waals surface area contributed by atoms with Crippen LogP contribution in [-0.4, -0.2) is 15.4 Å². The summed E-state index contributed by atoms with van der Waals surface area (Å²) >= 11 is 0. The van der Waals surface area contributed by atoms with E-state index in [0.717, 1.165) is 11.4 Å². The molecule has 2 aromatic carbocycles. The Hall–Kier alpha value is -2.82. The number of rotatable bonds is 4. The first-order chi connectivity index (χ1) is 9.42. The van der Waals surface area contributed by atoms with Crippen molar-refractivity contribution in [3.05, 3.63) is 60.7 Å². The van der Waals surface area contributed by atoms with Gasteiger partial charge in [-0.15, -0.1) is 10.2 Å². The Kier molecular flexibility index (Phi) is 3.10. The summed E-state index contributed by atoms with van der Waals surface area (Å²) in [6.07, 6.45) is 0. The topological polar surface area (TPSA) is 65.6 Å². The molecule has 0 spiro atoms. The average molecular weight is 251 g/mol. The van der Waals surface area contributed by atoms with Crippen LogP contribution in [0.15, 0.2) is 60.7 Å². The van der Waals surface area contributed by atoms with Gasteiger partial charge in [-0.2, -0.15) is 5.21 Å². The van der Waals surface area contributed by atoms with E-state index < -0.39 is 0 Å². The lowest BCUT2D eigenvalue weighted by atomic mass is 10.3. The quantitative estimate of drug-likeness (QED) is 0.665. The number of para-hydroxylation sites is 2. The van der Waals surface area contributed by atoms with Crippen LogP contribution in [0.3, 0.4) is 0 Å². The van der Waals surface area contributed by atoms with Crippen LogP contribution < -0.4 is 10.6 Å². The smallest absolute Gasteiger partial charge is 0.197 e. The molecule has 19 heavy (non-hydrogen) atoms. The summed E-state index contributed by atoms with van der Waals surface area (Å²) < 4.78 is 0. The minimum atomic E-state index is 0.662. The van der Waals surface area contributed by atoms with Crippen molar-refractivity contribution >= 4 is 23.0 Å². The van der Waals surface area contributed by atoms with Crippen molar-refractivity contribution in [2.24, 2.45) is 0 Å². The standard InChI is InChI=1S/C14H13N5/c1-3-7-11(8-4-1)15-13-14(18-19-17-13)16-12-9-5-2-6-10-12/h1-10H,(H3,15,16,17,18,19). The van der Waals surface area contributed by atoms with E-state index in [1.54, 1.807) is 0 Å². The molecule has 0 aliphatic rings. The highest BCUT2D eigenvalue weighted by Gasteiger charge is 2.07. The molecular formula is C14H13N5. The van der Waals surface area contributed by atoms with Crippen LogP contribution in [-0.2, 0) is 0 Å². The zero-order chi connectivity index (χ0) is 12.9. The van der Waals surface area contributed by atoms with Gasteiger partial charge in [0.05, 0.1) is 0 Å². The molecular weight excluding hydrogens is 238 g/mol. The molecule has 0 atom stereocenters. The molecule has 0 saturated heterocycles. The summed E-state index contributed by atoms with van der Waals surface area (Å²) in [4.78, 5) is 0. The maximum absolute atomic E-state index is 4.10. The summed E-state index contributed by atoms with van der Waals surface area (Å²) in [5.74, 6) is 1.32. The van der Waals surface area contributed by atoms with E-state index in [2.05, 4.69) is 26.0 Å². The maximum Gasteiger partial charge on any atom is 0.197 e. The van der Waals surface area contributed by atoms with E-state index in [1.807, 2.05) is 60.7 Å². The van der Waals surface area contributed by atoms with Crippen molar-refractivity contribution in [2.45, 2.75) is 0 Å². The van der Waals surface area contributed by atoms with Crippen LogP contribution in [0.1, 0.15) is 0 Å². The molecule has 0 radical (unpaired) electrons. The molecule has 1 heterocycles. The molecule has 0 amide bonds. The summed E-state index contributed by atoms with van der Waals surface area (Å²) in [6, 6.07) is 19.7. The first-order valence-corrected chi connectivity index (χ1v) is 5.97. The fourth-order valence-corrected chi connectivity index (χ4v) is 1.72. The fourth-order valence-electron chi connectivity index (χ4n) is 1.72. The average Bonchev–Trinajstić information content (AvgIpc) is 2.88. The van der Waals surface area contributed by atoms with Crippen molar-refractivity contribution in [2.75, 3.05) is 10.6 Å². The first kappa shape index (κ1) is 11.3. The van der Waals surface area contributed by atoms with Gasteiger partial charge in [-0.05, 0) is 24.3 Å². The van der Waals surface area contributed by atoms with E-state index in [9.17, 15) is 0 Å². The highest BCUT2D eigenvalue weighted by atomic mass is 15.4. The lowest BCUT2D eigenvalue weighted by Crippen LogP contribution is -1.96. The Morgan fingerprint density at radius 3 is 1.47 bits per heavy atom. The second-order valence-corrected chi connectivity index (χ2v) is 4.00. The van der Waals surface area contributed by atoms with E-state index >= 15 is 0 Å². The summed E-state index contributed by atoms with van der Waals surface area (Å²) in [7, 11) is 0. The Balaban J connectivity index is 1.79. The summed E-state index contributed by atoms with van der Waals surface area (Å²) in [6.45, 7) is 0. The SMILES string of the molecule is c1ccc(Nc2n[nH]nc2Nc2ccccc2)cc1. The van der Waals surface area contributed by atoms with Gasteiger partial charge in [0.2, 0.25) is 0 Å². The molecule has 0 fully saturated rings. The van der Waals surface area contributed by atoms with Gasteiger partial charge in [-0.1, -0.05) is 36.4 Å². The van der Waals surface area contributed by atoms with Crippen molar-refractivity contribution < 1.29 is 0 Å². The van der Waals surface area contributed by atoms with E-state index in [0.29, 0.717) is 11.6 Å². The molecule has 5 nitrogen and oxygen atoms in total. The molecule has 0 aliphatic carbocycles. The molecule has 3 N–H and O–H groups in total. The van der Waals surface area contributed by atoms with E-state index in [-0.39, 0.29) is 0 Å². The molecule has 1 aromatic heterocycles. The monoisotopic (exact) mass is 251 g/mol. The predicted molar refractivity (Wildman–Crippen MR) is 75.8 cm³/mol. The predicted octanol–water partition coefficient (Wildman–Crippen LogP) is 3.29. The second-order valence-electron chi connectivity index (χ2n) is 4.00. The lowest BCUT2D eigenvalue weighted by molar-refractivity contribution is 0.944. The Morgan fingerprint density at radius 1 is 0.632 bits per heavy atom. The number of nitrogens with one attached hydrogen (secondary N) is 3. The molecule has 3 rings (SSSR count). The van der Waals surface area contributed by atoms with Crippen LogP contribution in [0, 0.1) is 0 Å². The summed E-state index contributed by atoms with van der Waals surface area (Å²) in [5, 5.41) is 17.2. The highest BCUT2D eigenvalue weighted by Crippen LogP contribution is 2.23. The number of hydrogen-bond acceptors (Lipinski definition) is 4. The van der Waals surface area contributed by atoms with Crippen LogP contribution in [0.4, 0.5) is 23.0 Å². The number of benzene rings is 2. The first-order valence-electron chi connectivity index (χ1n) is 5.97. The van der Waals surface area contributed by atoms with Crippen molar-refractivity contribution in [3.8, 4) is 0 Å². The van der Waals surface area contributed by atoms with E-state index in [1.165, 1.54) is 0 Å². The van der Waals surface area contributed by atoms with Gasteiger partial charge in [0, 0.05) is 11.4 Å². The molecule has 0 aliphatic heterocycles. The van der Waals surface area contributed by atoms with Gasteiger partial charge >= 0.3 is 0 Å². The van der Waals surface area contributed by atoms with E-state index in [4.69, 9.17) is 0 Å². The third-order valence-corrected chi connectivity index (χ3v) is 2.62. The molecule has 0 saturated carbocycles. The van der Waals surface area contributed by atoms with Gasteiger partial charge in [0.1, 0.15) is 0 Å². The third-order valence-electron chi connectivity index (χ3n) is 2.62. The number of anilines is 4.